The number of aliphatic hydroxyl groups excluding tert-OH is 2. The van der Waals surface area contributed by atoms with Crippen LogP contribution in [0.3, 0.4) is 0 Å². The highest BCUT2D eigenvalue weighted by Gasteiger charge is 2.52. The molecular weight excluding hydrogens is 449 g/mol. The van der Waals surface area contributed by atoms with E-state index >= 15 is 0 Å². The van der Waals surface area contributed by atoms with Crippen molar-refractivity contribution in [1.29, 1.82) is 0 Å². The molecule has 0 aliphatic carbocycles. The Hall–Kier alpha value is -1.75. The number of ether oxygens (including phenoxy) is 1. The lowest BCUT2D eigenvalue weighted by atomic mass is 9.88. The molecule has 5 N–H and O–H groups in total. The fraction of sp³-hybridized carbons (Fsp3) is 0.714. The lowest BCUT2D eigenvalue weighted by molar-refractivity contribution is -0.0667. The van der Waals surface area contributed by atoms with Crippen molar-refractivity contribution < 1.29 is 24.6 Å². The highest BCUT2D eigenvalue weighted by atomic mass is 31.1. The zero-order valence-electron chi connectivity index (χ0n) is 19.6. The zero-order chi connectivity index (χ0) is 24.3. The fourth-order valence-electron chi connectivity index (χ4n) is 4.69. The number of nitrogen functional groups attached to an aromatic ring is 1. The van der Waals surface area contributed by atoms with Gasteiger partial charge in [-0.2, -0.15) is 4.98 Å². The van der Waals surface area contributed by atoms with Crippen molar-refractivity contribution in [3.63, 3.8) is 0 Å². The Morgan fingerprint density at radius 3 is 2.55 bits per heavy atom. The lowest BCUT2D eigenvalue weighted by Gasteiger charge is -2.35. The summed E-state index contributed by atoms with van der Waals surface area (Å²) in [5.41, 5.74) is 5.11. The van der Waals surface area contributed by atoms with Crippen LogP contribution >= 0.6 is 7.77 Å². The minimum absolute atomic E-state index is 0.00585. The number of nitrogens with zero attached hydrogens (tertiary/aromatic N) is 4. The SMILES string of the molecule is CCC(CC)(C[C@H]1OC(n2cnc3c(=O)n(C)c(N)nc32)[C@H](O)[C@@H]1O)O[PH]1=C(C)C1(O)CC. The summed E-state index contributed by atoms with van der Waals surface area (Å²) >= 11 is 0. The first-order valence-corrected chi connectivity index (χ1v) is 12.8. The Kier molecular flexibility index (Phi) is 6.26. The van der Waals surface area contributed by atoms with E-state index in [0.717, 1.165) is 5.29 Å². The third-order valence-electron chi connectivity index (χ3n) is 7.42. The smallest absolute Gasteiger partial charge is 0.282 e. The molecule has 2 aromatic heterocycles. The molecule has 1 saturated heterocycles. The van der Waals surface area contributed by atoms with E-state index in [1.165, 1.54) is 22.5 Å². The predicted molar refractivity (Wildman–Crippen MR) is 126 cm³/mol. The molecule has 4 rings (SSSR count). The second-order valence-electron chi connectivity index (χ2n) is 9.07. The number of hydrogen-bond acceptors (Lipinski definition) is 9. The van der Waals surface area contributed by atoms with Gasteiger partial charge in [0.1, 0.15) is 17.6 Å². The Labute approximate surface area is 192 Å². The van der Waals surface area contributed by atoms with Crippen molar-refractivity contribution in [2.75, 3.05) is 5.73 Å². The van der Waals surface area contributed by atoms with E-state index in [1.54, 1.807) is 0 Å². The minimum atomic E-state index is -1.50. The number of aliphatic hydroxyl groups is 3. The molecule has 6 atom stereocenters. The van der Waals surface area contributed by atoms with E-state index in [-0.39, 0.29) is 17.1 Å². The maximum atomic E-state index is 12.4. The van der Waals surface area contributed by atoms with Gasteiger partial charge in [-0.25, -0.2) is 4.98 Å². The molecule has 2 aliphatic heterocycles. The van der Waals surface area contributed by atoms with Crippen LogP contribution in [0.4, 0.5) is 5.95 Å². The first kappa shape index (κ1) is 24.4. The Bertz CT molecular complexity index is 1160. The third kappa shape index (κ3) is 3.75. The summed E-state index contributed by atoms with van der Waals surface area (Å²) in [7, 11) is -0.00370. The van der Waals surface area contributed by atoms with Crippen LogP contribution in [-0.4, -0.2) is 69.0 Å². The van der Waals surface area contributed by atoms with Gasteiger partial charge in [0.2, 0.25) is 5.95 Å². The maximum absolute atomic E-state index is 12.4. The van der Waals surface area contributed by atoms with Gasteiger partial charge in [-0.1, -0.05) is 20.8 Å². The molecule has 184 valence electrons. The number of imidazole rings is 1. The molecule has 0 saturated carbocycles. The zero-order valence-corrected chi connectivity index (χ0v) is 20.6. The van der Waals surface area contributed by atoms with Crippen molar-refractivity contribution >= 4 is 30.2 Å². The second-order valence-corrected chi connectivity index (χ2v) is 11.5. The van der Waals surface area contributed by atoms with Gasteiger partial charge >= 0.3 is 0 Å². The van der Waals surface area contributed by atoms with Crippen molar-refractivity contribution in [1.82, 2.24) is 19.1 Å². The van der Waals surface area contributed by atoms with Gasteiger partial charge in [-0.05, 0) is 31.5 Å². The average Bonchev–Trinajstić information content (AvgIpc) is 3.09. The van der Waals surface area contributed by atoms with Gasteiger partial charge < -0.3 is 30.3 Å². The molecule has 0 radical (unpaired) electrons. The van der Waals surface area contributed by atoms with Crippen LogP contribution in [0.15, 0.2) is 11.1 Å². The number of aromatic nitrogens is 4. The predicted octanol–water partition coefficient (Wildman–Crippen LogP) is 0.731. The van der Waals surface area contributed by atoms with E-state index in [9.17, 15) is 20.1 Å². The maximum Gasteiger partial charge on any atom is 0.282 e. The van der Waals surface area contributed by atoms with E-state index in [4.69, 9.17) is 15.0 Å². The second kappa shape index (κ2) is 8.48. The topological polar surface area (TPSA) is 158 Å². The minimum Gasteiger partial charge on any atom is -0.388 e. The van der Waals surface area contributed by atoms with E-state index < -0.39 is 48.8 Å². The largest absolute Gasteiger partial charge is 0.388 e. The summed E-state index contributed by atoms with van der Waals surface area (Å²) in [4.78, 5) is 20.8. The van der Waals surface area contributed by atoms with Crippen LogP contribution in [-0.2, 0) is 16.3 Å². The van der Waals surface area contributed by atoms with Crippen LogP contribution in [0.1, 0.15) is 59.6 Å². The molecule has 33 heavy (non-hydrogen) atoms. The number of fused-ring (bicyclic) bond motifs is 1. The molecule has 3 unspecified atom stereocenters. The summed E-state index contributed by atoms with van der Waals surface area (Å²) in [6, 6.07) is 0. The molecule has 12 heteroatoms. The molecule has 1 fully saturated rings. The third-order valence-corrected chi connectivity index (χ3v) is 10.4. The van der Waals surface area contributed by atoms with Crippen molar-refractivity contribution in [3.8, 4) is 0 Å². The number of nitrogens with two attached hydrogens (primary N) is 1. The van der Waals surface area contributed by atoms with Crippen LogP contribution in [0.5, 0.6) is 0 Å². The molecule has 11 nitrogen and oxygen atoms in total. The summed E-state index contributed by atoms with van der Waals surface area (Å²) in [6.45, 7) is 7.89. The highest BCUT2D eigenvalue weighted by Crippen LogP contribution is 2.62. The van der Waals surface area contributed by atoms with Gasteiger partial charge in [0.05, 0.1) is 18.0 Å². The normalized spacial score (nSPS) is 32.1. The van der Waals surface area contributed by atoms with Crippen molar-refractivity contribution in [2.45, 2.75) is 88.9 Å². The van der Waals surface area contributed by atoms with Crippen LogP contribution in [0.25, 0.3) is 11.2 Å². The summed E-state index contributed by atoms with van der Waals surface area (Å²) in [5, 5.41) is 32.5. The molecule has 2 aromatic rings. The number of hydrogen-bond donors (Lipinski definition) is 4. The Morgan fingerprint density at radius 2 is 1.97 bits per heavy atom. The van der Waals surface area contributed by atoms with Gasteiger partial charge in [-0.15, -0.1) is 0 Å². The number of rotatable bonds is 8. The molecule has 0 amide bonds. The molecule has 2 aliphatic rings. The first-order chi connectivity index (χ1) is 15.5. The monoisotopic (exact) mass is 483 g/mol. The summed E-state index contributed by atoms with van der Waals surface area (Å²) < 4.78 is 15.2. The lowest BCUT2D eigenvalue weighted by Crippen LogP contribution is -2.39. The van der Waals surface area contributed by atoms with Crippen molar-refractivity contribution in [3.05, 3.63) is 16.7 Å². The van der Waals surface area contributed by atoms with Crippen LogP contribution < -0.4 is 11.3 Å². The summed E-state index contributed by atoms with van der Waals surface area (Å²) in [5.74, 6) is 0.00585. The van der Waals surface area contributed by atoms with Crippen molar-refractivity contribution in [2.24, 2.45) is 7.05 Å². The number of anilines is 1. The van der Waals surface area contributed by atoms with Crippen LogP contribution in [0, 0.1) is 0 Å². The van der Waals surface area contributed by atoms with E-state index in [2.05, 4.69) is 9.97 Å². The molecule has 4 heterocycles. The van der Waals surface area contributed by atoms with Gasteiger partial charge in [0.15, 0.2) is 17.4 Å². The van der Waals surface area contributed by atoms with Gasteiger partial charge in [0, 0.05) is 21.2 Å². The summed E-state index contributed by atoms with van der Waals surface area (Å²) in [6.07, 6.45) is -0.492. The Morgan fingerprint density at radius 1 is 1.30 bits per heavy atom. The van der Waals surface area contributed by atoms with E-state index in [1.807, 2.05) is 27.7 Å². The van der Waals surface area contributed by atoms with Crippen LogP contribution in [0.2, 0.25) is 0 Å². The molecule has 0 aromatic carbocycles. The average molecular weight is 484 g/mol. The van der Waals surface area contributed by atoms with Gasteiger partial charge in [0.25, 0.3) is 5.56 Å². The standard InChI is InChI=1S/C21H34N5O6P/c1-6-20(7-2,32-33-11(4)21(33,30)8-3)9-12-14(27)15(28)18(31-12)26-10-23-13-16(26)24-19(22)25(5)17(13)29/h10,12,14-15,18,27-28,30,33H,6-9H2,1-5H3,(H2,22,24)/t12-,14-,15-,18?,21?/m1/s1. The highest BCUT2D eigenvalue weighted by molar-refractivity contribution is 7.67. The Balaban J connectivity index is 1.60. The quantitative estimate of drug-likeness (QED) is 0.397. The van der Waals surface area contributed by atoms with Gasteiger partial charge in [-0.3, -0.25) is 13.9 Å². The fourth-order valence-corrected chi connectivity index (χ4v) is 7.29. The first-order valence-electron chi connectivity index (χ1n) is 11.4. The molecule has 0 spiro atoms. The molecule has 0 bridgehead atoms. The molecular formula is C21H34N5O6P. The van der Waals surface area contributed by atoms with E-state index in [0.29, 0.717) is 25.7 Å².